The zero-order chi connectivity index (χ0) is 14.0. The average Bonchev–Trinajstić information content (AvgIpc) is 2.95. The number of urea groups is 1. The first-order valence-electron chi connectivity index (χ1n) is 6.89. The highest BCUT2D eigenvalue weighted by molar-refractivity contribution is 7.98. The summed E-state index contributed by atoms with van der Waals surface area (Å²) in [4.78, 5) is 25.3. The lowest BCUT2D eigenvalue weighted by molar-refractivity contribution is -0.142. The summed E-state index contributed by atoms with van der Waals surface area (Å²) in [6, 6.07) is 0.120. The fraction of sp³-hybridized carbons (Fsp3) is 0.846. The number of carbonyl (C=O) groups is 2. The van der Waals surface area contributed by atoms with Crippen molar-refractivity contribution in [3.05, 3.63) is 0 Å². The van der Waals surface area contributed by atoms with E-state index in [1.165, 1.54) is 0 Å². The summed E-state index contributed by atoms with van der Waals surface area (Å²) in [6.07, 6.45) is 5.31. The first-order valence-corrected chi connectivity index (χ1v) is 8.28. The number of rotatable bonds is 5. The third kappa shape index (κ3) is 2.83. The number of carbonyl (C=O) groups excluding carboxylic acids is 1. The number of nitrogens with zero attached hydrogens (tertiary/aromatic N) is 1. The second-order valence-electron chi connectivity index (χ2n) is 5.40. The number of fused-ring (bicyclic) bond motifs is 2. The van der Waals surface area contributed by atoms with Gasteiger partial charge in [-0.05, 0) is 31.9 Å². The SMILES string of the molecule is CCC(CSC)NC(=O)N1C2CCC1C(C(=O)O)C2. The number of amides is 2. The van der Waals surface area contributed by atoms with E-state index in [-0.39, 0.29) is 30.1 Å². The number of carboxylic acid groups (broad SMARTS) is 1. The van der Waals surface area contributed by atoms with Crippen LogP contribution >= 0.6 is 11.8 Å². The monoisotopic (exact) mass is 286 g/mol. The lowest BCUT2D eigenvalue weighted by atomic mass is 9.89. The highest BCUT2D eigenvalue weighted by atomic mass is 32.2. The van der Waals surface area contributed by atoms with Gasteiger partial charge in [-0.3, -0.25) is 4.79 Å². The quantitative estimate of drug-likeness (QED) is 0.808. The normalized spacial score (nSPS) is 30.4. The minimum atomic E-state index is -0.763. The molecule has 2 rings (SSSR count). The van der Waals surface area contributed by atoms with Crippen LogP contribution in [-0.2, 0) is 4.79 Å². The lowest BCUT2D eigenvalue weighted by Crippen LogP contribution is -2.48. The molecule has 4 unspecified atom stereocenters. The number of aliphatic carboxylic acids is 1. The van der Waals surface area contributed by atoms with Crippen molar-refractivity contribution in [2.75, 3.05) is 12.0 Å². The summed E-state index contributed by atoms with van der Waals surface area (Å²) in [5, 5.41) is 12.2. The molecule has 2 fully saturated rings. The van der Waals surface area contributed by atoms with Gasteiger partial charge in [-0.25, -0.2) is 4.79 Å². The van der Waals surface area contributed by atoms with Crippen molar-refractivity contribution in [1.82, 2.24) is 10.2 Å². The van der Waals surface area contributed by atoms with Crippen LogP contribution in [0.3, 0.4) is 0 Å². The molecule has 0 aliphatic carbocycles. The van der Waals surface area contributed by atoms with Gasteiger partial charge in [-0.2, -0.15) is 11.8 Å². The Morgan fingerprint density at radius 1 is 1.47 bits per heavy atom. The summed E-state index contributed by atoms with van der Waals surface area (Å²) >= 11 is 1.71. The molecule has 19 heavy (non-hydrogen) atoms. The van der Waals surface area contributed by atoms with Crippen molar-refractivity contribution < 1.29 is 14.7 Å². The van der Waals surface area contributed by atoms with E-state index in [1.807, 2.05) is 6.26 Å². The van der Waals surface area contributed by atoms with Crippen LogP contribution in [0.5, 0.6) is 0 Å². The average molecular weight is 286 g/mol. The fourth-order valence-electron chi connectivity index (χ4n) is 3.28. The van der Waals surface area contributed by atoms with Crippen LogP contribution in [0.2, 0.25) is 0 Å². The summed E-state index contributed by atoms with van der Waals surface area (Å²) in [7, 11) is 0. The van der Waals surface area contributed by atoms with Crippen LogP contribution in [0.1, 0.15) is 32.6 Å². The van der Waals surface area contributed by atoms with E-state index in [0.29, 0.717) is 6.42 Å². The van der Waals surface area contributed by atoms with Gasteiger partial charge in [0.2, 0.25) is 0 Å². The van der Waals surface area contributed by atoms with Gasteiger partial charge in [0.15, 0.2) is 0 Å². The molecule has 0 radical (unpaired) electrons. The van der Waals surface area contributed by atoms with Crippen molar-refractivity contribution in [3.63, 3.8) is 0 Å². The Morgan fingerprint density at radius 3 is 2.74 bits per heavy atom. The van der Waals surface area contributed by atoms with Crippen molar-refractivity contribution in [1.29, 1.82) is 0 Å². The molecule has 0 saturated carbocycles. The van der Waals surface area contributed by atoms with Gasteiger partial charge >= 0.3 is 12.0 Å². The second kappa shape index (κ2) is 6.03. The lowest BCUT2D eigenvalue weighted by Gasteiger charge is -2.26. The number of thioether (sulfide) groups is 1. The highest BCUT2D eigenvalue weighted by Crippen LogP contribution is 2.41. The summed E-state index contributed by atoms with van der Waals surface area (Å²) in [5.41, 5.74) is 0. The van der Waals surface area contributed by atoms with Crippen LogP contribution < -0.4 is 5.32 Å². The minimum absolute atomic E-state index is 0.0721. The first-order chi connectivity index (χ1) is 9.08. The van der Waals surface area contributed by atoms with Gasteiger partial charge in [0.1, 0.15) is 0 Å². The van der Waals surface area contributed by atoms with Crippen molar-refractivity contribution in [2.24, 2.45) is 5.92 Å². The highest BCUT2D eigenvalue weighted by Gasteiger charge is 2.51. The molecule has 2 saturated heterocycles. The zero-order valence-electron chi connectivity index (χ0n) is 11.5. The third-order valence-corrected chi connectivity index (χ3v) is 5.01. The Labute approximate surface area is 118 Å². The fourth-order valence-corrected chi connectivity index (χ4v) is 4.00. The van der Waals surface area contributed by atoms with E-state index in [9.17, 15) is 14.7 Å². The predicted octanol–water partition coefficient (Wildman–Crippen LogP) is 1.78. The molecule has 4 atom stereocenters. The van der Waals surface area contributed by atoms with Crippen molar-refractivity contribution in [2.45, 2.75) is 50.7 Å². The Bertz CT molecular complexity index is 364. The van der Waals surface area contributed by atoms with E-state index < -0.39 is 5.97 Å². The molecule has 0 aromatic heterocycles. The van der Waals surface area contributed by atoms with Gasteiger partial charge in [0.05, 0.1) is 5.92 Å². The Morgan fingerprint density at radius 2 is 2.21 bits per heavy atom. The first kappa shape index (κ1) is 14.5. The van der Waals surface area contributed by atoms with Gasteiger partial charge in [0, 0.05) is 23.9 Å². The van der Waals surface area contributed by atoms with E-state index in [0.717, 1.165) is 25.0 Å². The van der Waals surface area contributed by atoms with Crippen molar-refractivity contribution in [3.8, 4) is 0 Å². The summed E-state index contributed by atoms with van der Waals surface area (Å²) in [5.74, 6) is -0.236. The molecule has 2 aliphatic rings. The minimum Gasteiger partial charge on any atom is -0.481 e. The van der Waals surface area contributed by atoms with Crippen LogP contribution in [0.25, 0.3) is 0 Å². The number of nitrogens with one attached hydrogen (secondary N) is 1. The molecule has 2 aliphatic heterocycles. The predicted molar refractivity (Wildman–Crippen MR) is 75.4 cm³/mol. The summed E-state index contributed by atoms with van der Waals surface area (Å²) in [6.45, 7) is 2.06. The van der Waals surface area contributed by atoms with Gasteiger partial charge in [-0.1, -0.05) is 6.92 Å². The number of hydrogen-bond donors (Lipinski definition) is 2. The van der Waals surface area contributed by atoms with Crippen LogP contribution in [0, 0.1) is 5.92 Å². The largest absolute Gasteiger partial charge is 0.481 e. The molecule has 108 valence electrons. The molecule has 0 spiro atoms. The second-order valence-corrected chi connectivity index (χ2v) is 6.31. The maximum atomic E-state index is 12.3. The van der Waals surface area contributed by atoms with Gasteiger partial charge < -0.3 is 15.3 Å². The molecule has 6 heteroatoms. The van der Waals surface area contributed by atoms with E-state index in [1.54, 1.807) is 16.7 Å². The van der Waals surface area contributed by atoms with E-state index in [4.69, 9.17) is 0 Å². The van der Waals surface area contributed by atoms with Crippen LogP contribution in [0.15, 0.2) is 0 Å². The molecule has 0 aromatic rings. The summed E-state index contributed by atoms with van der Waals surface area (Å²) < 4.78 is 0. The van der Waals surface area contributed by atoms with Crippen molar-refractivity contribution >= 4 is 23.8 Å². The molecule has 2 heterocycles. The Kier molecular flexibility index (Phi) is 4.60. The van der Waals surface area contributed by atoms with Gasteiger partial charge in [0.25, 0.3) is 0 Å². The van der Waals surface area contributed by atoms with Crippen LogP contribution in [0.4, 0.5) is 4.79 Å². The molecule has 2 bridgehead atoms. The third-order valence-electron chi connectivity index (χ3n) is 4.28. The van der Waals surface area contributed by atoms with Crippen LogP contribution in [-0.4, -0.2) is 52.1 Å². The maximum absolute atomic E-state index is 12.3. The Balaban J connectivity index is 1.98. The number of carboxylic acids is 1. The standard InChI is InChI=1S/C13H22N2O3S/c1-3-8(7-19-2)14-13(18)15-9-4-5-11(15)10(6-9)12(16)17/h8-11H,3-7H2,1-2H3,(H,14,18)(H,16,17). The maximum Gasteiger partial charge on any atom is 0.318 e. The number of hydrogen-bond acceptors (Lipinski definition) is 3. The smallest absolute Gasteiger partial charge is 0.318 e. The molecule has 0 aromatic carbocycles. The van der Waals surface area contributed by atoms with Gasteiger partial charge in [-0.15, -0.1) is 0 Å². The van der Waals surface area contributed by atoms with E-state index in [2.05, 4.69) is 12.2 Å². The topological polar surface area (TPSA) is 69.6 Å². The zero-order valence-corrected chi connectivity index (χ0v) is 12.3. The molecular weight excluding hydrogens is 264 g/mol. The molecule has 2 N–H and O–H groups in total. The van der Waals surface area contributed by atoms with E-state index >= 15 is 0 Å². The Hall–Kier alpha value is -0.910. The molecule has 5 nitrogen and oxygen atoms in total. The molecular formula is C13H22N2O3S. The molecule has 2 amide bonds.